The number of nitrogens with one attached hydrogen (secondary N) is 2. The molecule has 2 N–H and O–H groups in total. The van der Waals surface area contributed by atoms with Crippen LogP contribution in [0.25, 0.3) is 0 Å². The normalized spacial score (nSPS) is 11.5. The van der Waals surface area contributed by atoms with Crippen molar-refractivity contribution in [3.63, 3.8) is 0 Å². The molecule has 8 heteroatoms. The number of hydrogen-bond acceptors (Lipinski definition) is 5. The van der Waals surface area contributed by atoms with Gasteiger partial charge in [0.1, 0.15) is 12.4 Å². The van der Waals surface area contributed by atoms with Crippen molar-refractivity contribution in [2.45, 2.75) is 37.5 Å². The van der Waals surface area contributed by atoms with Crippen molar-refractivity contribution in [2.24, 2.45) is 5.92 Å². The molecule has 0 bridgehead atoms. The second-order valence-electron chi connectivity index (χ2n) is 7.02. The number of sulfonamides is 1. The van der Waals surface area contributed by atoms with Gasteiger partial charge in [-0.05, 0) is 55.5 Å². The molecule has 0 unspecified atom stereocenters. The first-order valence-electron chi connectivity index (χ1n) is 9.32. The van der Waals surface area contributed by atoms with E-state index in [0.717, 1.165) is 21.8 Å². The van der Waals surface area contributed by atoms with Crippen LogP contribution in [0.2, 0.25) is 0 Å². The SMILES string of the molecule is CSc1ccc(S(=O)(=O)NCCOc2cc(C)ccc2C)cc1NC(=O)C(C)C. The number of anilines is 1. The zero-order chi connectivity index (χ0) is 21.6. The Kier molecular flexibility index (Phi) is 8.13. The molecule has 1 amide bonds. The smallest absolute Gasteiger partial charge is 0.240 e. The van der Waals surface area contributed by atoms with Crippen LogP contribution in [0, 0.1) is 19.8 Å². The average molecular weight is 437 g/mol. The number of benzene rings is 2. The van der Waals surface area contributed by atoms with Crippen molar-refractivity contribution in [3.8, 4) is 5.75 Å². The van der Waals surface area contributed by atoms with Gasteiger partial charge in [-0.15, -0.1) is 11.8 Å². The van der Waals surface area contributed by atoms with Crippen LogP contribution < -0.4 is 14.8 Å². The average Bonchev–Trinajstić information content (AvgIpc) is 2.67. The zero-order valence-electron chi connectivity index (χ0n) is 17.4. The van der Waals surface area contributed by atoms with Crippen molar-refractivity contribution in [1.29, 1.82) is 0 Å². The van der Waals surface area contributed by atoms with E-state index in [4.69, 9.17) is 4.74 Å². The third kappa shape index (κ3) is 6.48. The van der Waals surface area contributed by atoms with Gasteiger partial charge in [-0.3, -0.25) is 4.79 Å². The Morgan fingerprint density at radius 2 is 1.86 bits per heavy atom. The number of ether oxygens (including phenoxy) is 1. The lowest BCUT2D eigenvalue weighted by molar-refractivity contribution is -0.118. The quantitative estimate of drug-likeness (QED) is 0.459. The van der Waals surface area contributed by atoms with E-state index < -0.39 is 10.0 Å². The van der Waals surface area contributed by atoms with Crippen molar-refractivity contribution in [2.75, 3.05) is 24.7 Å². The first kappa shape index (κ1) is 23.3. The molecule has 0 aromatic heterocycles. The Morgan fingerprint density at radius 1 is 1.14 bits per heavy atom. The molecule has 0 fully saturated rings. The Balaban J connectivity index is 2.06. The van der Waals surface area contributed by atoms with E-state index in [1.807, 2.05) is 38.3 Å². The number of amides is 1. The summed E-state index contributed by atoms with van der Waals surface area (Å²) in [7, 11) is -3.73. The lowest BCUT2D eigenvalue weighted by Gasteiger charge is -2.14. The van der Waals surface area contributed by atoms with E-state index in [2.05, 4.69) is 10.0 Å². The second kappa shape index (κ2) is 10.1. The molecule has 0 saturated carbocycles. The summed E-state index contributed by atoms with van der Waals surface area (Å²) in [6, 6.07) is 10.6. The minimum Gasteiger partial charge on any atom is -0.492 e. The molecule has 0 aliphatic heterocycles. The van der Waals surface area contributed by atoms with Crippen LogP contribution in [0.15, 0.2) is 46.2 Å². The van der Waals surface area contributed by atoms with E-state index >= 15 is 0 Å². The molecule has 6 nitrogen and oxygen atoms in total. The maximum atomic E-state index is 12.6. The standard InChI is InChI=1S/C21H28N2O4S2/c1-14(2)21(24)23-18-13-17(8-9-20(18)28-5)29(25,26)22-10-11-27-19-12-15(3)6-7-16(19)4/h6-9,12-14,22H,10-11H2,1-5H3,(H,23,24). The summed E-state index contributed by atoms with van der Waals surface area (Å²) < 4.78 is 33.5. The summed E-state index contributed by atoms with van der Waals surface area (Å²) in [6.07, 6.45) is 1.87. The number of rotatable bonds is 9. The van der Waals surface area contributed by atoms with Crippen molar-refractivity contribution < 1.29 is 17.9 Å². The highest BCUT2D eigenvalue weighted by Gasteiger charge is 2.17. The molecule has 0 aliphatic rings. The van der Waals surface area contributed by atoms with Gasteiger partial charge >= 0.3 is 0 Å². The number of thioether (sulfide) groups is 1. The number of aryl methyl sites for hydroxylation is 2. The highest BCUT2D eigenvalue weighted by Crippen LogP contribution is 2.28. The largest absolute Gasteiger partial charge is 0.492 e. The highest BCUT2D eigenvalue weighted by atomic mass is 32.2. The summed E-state index contributed by atoms with van der Waals surface area (Å²) in [4.78, 5) is 12.9. The monoisotopic (exact) mass is 436 g/mol. The van der Waals surface area contributed by atoms with E-state index in [1.54, 1.807) is 19.9 Å². The summed E-state index contributed by atoms with van der Waals surface area (Å²) in [6.45, 7) is 7.83. The number of hydrogen-bond donors (Lipinski definition) is 2. The molecule has 0 atom stereocenters. The predicted molar refractivity (Wildman–Crippen MR) is 118 cm³/mol. The van der Waals surface area contributed by atoms with E-state index in [-0.39, 0.29) is 29.9 Å². The Hall–Kier alpha value is -2.03. The van der Waals surface area contributed by atoms with E-state index in [0.29, 0.717) is 5.69 Å². The zero-order valence-corrected chi connectivity index (χ0v) is 19.0. The number of carbonyl (C=O) groups excluding carboxylic acids is 1. The van der Waals surface area contributed by atoms with Gasteiger partial charge in [-0.1, -0.05) is 26.0 Å². The highest BCUT2D eigenvalue weighted by molar-refractivity contribution is 7.98. The van der Waals surface area contributed by atoms with Crippen LogP contribution in [0.3, 0.4) is 0 Å². The second-order valence-corrected chi connectivity index (χ2v) is 9.64. The molecule has 2 aromatic carbocycles. The summed E-state index contributed by atoms with van der Waals surface area (Å²) >= 11 is 1.44. The molecular weight excluding hydrogens is 408 g/mol. The molecule has 0 heterocycles. The van der Waals surface area contributed by atoms with Crippen molar-refractivity contribution >= 4 is 33.4 Å². The minimum atomic E-state index is -3.73. The van der Waals surface area contributed by atoms with Gasteiger partial charge in [0.2, 0.25) is 15.9 Å². The molecule has 158 valence electrons. The Bertz CT molecular complexity index is 973. The summed E-state index contributed by atoms with van der Waals surface area (Å²) in [5.74, 6) is 0.377. The van der Waals surface area contributed by atoms with Crippen LogP contribution in [0.5, 0.6) is 5.75 Å². The van der Waals surface area contributed by atoms with Crippen LogP contribution in [-0.4, -0.2) is 33.7 Å². The van der Waals surface area contributed by atoms with Crippen molar-refractivity contribution in [3.05, 3.63) is 47.5 Å². The van der Waals surface area contributed by atoms with Gasteiger partial charge in [0.05, 0.1) is 10.6 Å². The third-order valence-electron chi connectivity index (χ3n) is 4.26. The fourth-order valence-corrected chi connectivity index (χ4v) is 4.09. The molecule has 0 saturated heterocycles. The van der Waals surface area contributed by atoms with Gasteiger partial charge in [0.25, 0.3) is 0 Å². The molecule has 2 aromatic rings. The third-order valence-corrected chi connectivity index (χ3v) is 6.51. The minimum absolute atomic E-state index is 0.0982. The van der Waals surface area contributed by atoms with Crippen molar-refractivity contribution in [1.82, 2.24) is 4.72 Å². The Labute approximate surface area is 177 Å². The van der Waals surface area contributed by atoms with Gasteiger partial charge < -0.3 is 10.1 Å². The first-order valence-corrected chi connectivity index (χ1v) is 12.0. The molecule has 29 heavy (non-hydrogen) atoms. The van der Waals surface area contributed by atoms with Gasteiger partial charge in [0, 0.05) is 17.4 Å². The molecule has 0 radical (unpaired) electrons. The van der Waals surface area contributed by atoms with Gasteiger partial charge in [-0.25, -0.2) is 13.1 Å². The van der Waals surface area contributed by atoms with Crippen LogP contribution >= 0.6 is 11.8 Å². The fraction of sp³-hybridized carbons (Fsp3) is 0.381. The fourth-order valence-electron chi connectivity index (χ4n) is 2.51. The lowest BCUT2D eigenvalue weighted by atomic mass is 10.1. The van der Waals surface area contributed by atoms with E-state index in [1.165, 1.54) is 23.9 Å². The number of carbonyl (C=O) groups is 1. The van der Waals surface area contributed by atoms with Crippen LogP contribution in [0.4, 0.5) is 5.69 Å². The maximum Gasteiger partial charge on any atom is 0.240 e. The molecule has 0 spiro atoms. The summed E-state index contributed by atoms with van der Waals surface area (Å²) in [5, 5.41) is 2.80. The van der Waals surface area contributed by atoms with Gasteiger partial charge in [0.15, 0.2) is 0 Å². The van der Waals surface area contributed by atoms with Gasteiger partial charge in [-0.2, -0.15) is 0 Å². The van der Waals surface area contributed by atoms with Crippen LogP contribution in [-0.2, 0) is 14.8 Å². The maximum absolute atomic E-state index is 12.6. The Morgan fingerprint density at radius 3 is 2.52 bits per heavy atom. The topological polar surface area (TPSA) is 84.5 Å². The van der Waals surface area contributed by atoms with E-state index in [9.17, 15) is 13.2 Å². The molecular formula is C21H28N2O4S2. The lowest BCUT2D eigenvalue weighted by Crippen LogP contribution is -2.28. The molecule has 0 aliphatic carbocycles. The molecule has 2 rings (SSSR count). The summed E-state index contributed by atoms with van der Waals surface area (Å²) in [5.41, 5.74) is 2.57. The predicted octanol–water partition coefficient (Wildman–Crippen LogP) is 3.98. The first-order chi connectivity index (χ1) is 13.6. The van der Waals surface area contributed by atoms with Crippen LogP contribution in [0.1, 0.15) is 25.0 Å².